The number of fused-ring (bicyclic) bond motifs is 4. The van der Waals surface area contributed by atoms with Gasteiger partial charge in [0.2, 0.25) is 0 Å². The highest BCUT2D eigenvalue weighted by atomic mass is 14.2. The Hall–Kier alpha value is -5.20. The third-order valence-electron chi connectivity index (χ3n) is 7.59. The highest BCUT2D eigenvalue weighted by Gasteiger charge is 2.16. The Morgan fingerprint density at radius 2 is 1.05 bits per heavy atom. The first-order valence-corrected chi connectivity index (χ1v) is 12.6. The lowest BCUT2D eigenvalue weighted by Crippen LogP contribution is -1.90. The Bertz CT molecular complexity index is 3270. The molecule has 9 aromatic carbocycles. The van der Waals surface area contributed by atoms with Crippen molar-refractivity contribution < 1.29 is 21.9 Å². The lowest BCUT2D eigenvalue weighted by molar-refractivity contribution is 1.66. The predicted octanol–water partition coefficient (Wildman–Crippen LogP) is 11.4. The molecule has 9 aromatic rings. The monoisotopic (exact) mass is 520 g/mol. The fourth-order valence-corrected chi connectivity index (χ4v) is 5.92. The zero-order valence-corrected chi connectivity index (χ0v) is 20.6. The van der Waals surface area contributed by atoms with E-state index in [1.54, 1.807) is 30.3 Å². The Balaban J connectivity index is 1.47. The van der Waals surface area contributed by atoms with Crippen LogP contribution in [0.3, 0.4) is 0 Å². The van der Waals surface area contributed by atoms with E-state index in [2.05, 4.69) is 0 Å². The average Bonchev–Trinajstić information content (AvgIpc) is 3.19. The van der Waals surface area contributed by atoms with Crippen LogP contribution in [0, 0.1) is 0 Å². The van der Waals surface area contributed by atoms with E-state index in [1.165, 1.54) is 0 Å². The highest BCUT2D eigenvalue weighted by Crippen LogP contribution is 2.44. The molecule has 0 spiro atoms. The first kappa shape index (κ1) is 11.5. The van der Waals surface area contributed by atoms with E-state index >= 15 is 0 Å². The molecular formula is C40H24. The van der Waals surface area contributed by atoms with Gasteiger partial charge >= 0.3 is 0 Å². The molecule has 0 heteroatoms. The van der Waals surface area contributed by atoms with Crippen molar-refractivity contribution in [3.05, 3.63) is 145 Å². The van der Waals surface area contributed by atoms with Crippen molar-refractivity contribution in [1.82, 2.24) is 0 Å². The second-order valence-corrected chi connectivity index (χ2v) is 9.69. The van der Waals surface area contributed by atoms with Crippen LogP contribution in [0.4, 0.5) is 0 Å². The van der Waals surface area contributed by atoms with Crippen molar-refractivity contribution in [2.75, 3.05) is 0 Å². The average molecular weight is 521 g/mol. The topological polar surface area (TPSA) is 0 Å². The molecule has 0 amide bonds. The molecule has 0 radical (unpaired) electrons. The second-order valence-electron chi connectivity index (χ2n) is 9.69. The number of rotatable bonds is 2. The minimum absolute atomic E-state index is 0.0524. The molecule has 0 aliphatic carbocycles. The molecule has 0 saturated heterocycles. The van der Waals surface area contributed by atoms with E-state index in [9.17, 15) is 2.74 Å². The van der Waals surface area contributed by atoms with Gasteiger partial charge in [-0.25, -0.2) is 0 Å². The normalized spacial score (nSPS) is 17.6. The van der Waals surface area contributed by atoms with E-state index in [-0.39, 0.29) is 55.5 Å². The Kier molecular flexibility index (Phi) is 2.34. The standard InChI is InChI=1S/C40H24/c1-2-8-25(9-3-1)33-19-17-27-14-15-29-22-31(23-30-18-21-35(33)40(27)38(29)30)39-34-13-7-5-11-28(34)24-37-32-12-6-4-10-26(32)16-20-36(37)39/h1-24H/i1D,2D,3D,4D,5D,6D,7D,8D,9D,10D,11D,12D,13D,16D,20D,24D. The SMILES string of the molecule is [2H]c1c([2H])c([2H])c(-c2ccc3ccc4cc(-c5c6c([2H])c([2H])c([2H])c([2H])c6c([2H])c6c5c([2H])c([2H])c5c([2H])c([2H])c([2H])c([2H])c56)cc5ccc2c3c45)c([2H])c1[2H]. The van der Waals surface area contributed by atoms with Gasteiger partial charge in [0.15, 0.2) is 0 Å². The van der Waals surface area contributed by atoms with Gasteiger partial charge < -0.3 is 0 Å². The smallest absolute Gasteiger partial charge is 0.0622 e. The van der Waals surface area contributed by atoms with E-state index in [0.29, 0.717) is 27.3 Å². The van der Waals surface area contributed by atoms with E-state index < -0.39 is 84.6 Å². The molecule has 184 valence electrons. The van der Waals surface area contributed by atoms with Crippen LogP contribution in [-0.2, 0) is 0 Å². The number of hydrogen-bond acceptors (Lipinski definition) is 0. The molecule has 40 heavy (non-hydrogen) atoms. The molecule has 0 unspecified atom stereocenters. The van der Waals surface area contributed by atoms with Crippen molar-refractivity contribution in [3.63, 3.8) is 0 Å². The van der Waals surface area contributed by atoms with Gasteiger partial charge in [0.25, 0.3) is 0 Å². The summed E-state index contributed by atoms with van der Waals surface area (Å²) in [4.78, 5) is 0. The van der Waals surface area contributed by atoms with Crippen LogP contribution in [-0.4, -0.2) is 0 Å². The van der Waals surface area contributed by atoms with Crippen LogP contribution < -0.4 is 0 Å². The van der Waals surface area contributed by atoms with Crippen molar-refractivity contribution in [1.29, 1.82) is 0 Å². The zero-order chi connectivity index (χ0) is 40.1. The Morgan fingerprint density at radius 1 is 0.375 bits per heavy atom. The summed E-state index contributed by atoms with van der Waals surface area (Å²) in [5, 5.41) is 3.21. The molecule has 0 fully saturated rings. The molecular weight excluding hydrogens is 480 g/mol. The maximum atomic E-state index is 9.39. The predicted molar refractivity (Wildman–Crippen MR) is 174 cm³/mol. The van der Waals surface area contributed by atoms with Crippen molar-refractivity contribution in [3.8, 4) is 22.3 Å². The van der Waals surface area contributed by atoms with Gasteiger partial charge in [0.1, 0.15) is 0 Å². The quantitative estimate of drug-likeness (QED) is 0.157. The molecule has 0 heterocycles. The molecule has 0 bridgehead atoms. The lowest BCUT2D eigenvalue weighted by atomic mass is 9.86. The summed E-state index contributed by atoms with van der Waals surface area (Å²) in [6, 6.07) is 6.16. The van der Waals surface area contributed by atoms with Gasteiger partial charge in [-0.2, -0.15) is 0 Å². The van der Waals surface area contributed by atoms with Crippen molar-refractivity contribution in [2.24, 2.45) is 0 Å². The molecule has 0 aliphatic rings. The molecule has 0 aromatic heterocycles. The second kappa shape index (κ2) is 8.15. The minimum Gasteiger partial charge on any atom is -0.0622 e. The molecule has 0 aliphatic heterocycles. The third-order valence-corrected chi connectivity index (χ3v) is 7.59. The first-order chi connectivity index (χ1) is 26.5. The summed E-state index contributed by atoms with van der Waals surface area (Å²) in [5.74, 6) is 0. The summed E-state index contributed by atoms with van der Waals surface area (Å²) in [6.07, 6.45) is 0. The Morgan fingerprint density at radius 3 is 1.90 bits per heavy atom. The van der Waals surface area contributed by atoms with Crippen molar-refractivity contribution >= 4 is 64.6 Å². The Labute approximate surface area is 254 Å². The summed E-state index contributed by atoms with van der Waals surface area (Å²) in [7, 11) is 0. The van der Waals surface area contributed by atoms with Gasteiger partial charge in [0, 0.05) is 0 Å². The van der Waals surface area contributed by atoms with Gasteiger partial charge in [-0.3, -0.25) is 0 Å². The van der Waals surface area contributed by atoms with Crippen molar-refractivity contribution in [2.45, 2.75) is 0 Å². The van der Waals surface area contributed by atoms with Crippen LogP contribution in [0.25, 0.3) is 86.9 Å². The molecule has 0 saturated carbocycles. The molecule has 9 rings (SSSR count). The summed E-state index contributed by atoms with van der Waals surface area (Å²) >= 11 is 0. The van der Waals surface area contributed by atoms with Gasteiger partial charge in [-0.05, 0) is 105 Å². The number of benzene rings is 9. The molecule has 0 atom stereocenters. The maximum Gasteiger partial charge on any atom is 0.0636 e. The van der Waals surface area contributed by atoms with Gasteiger partial charge in [0.05, 0.1) is 21.9 Å². The summed E-state index contributed by atoms with van der Waals surface area (Å²) in [6.45, 7) is 0. The fraction of sp³-hybridized carbons (Fsp3) is 0. The number of hydrogen-bond donors (Lipinski definition) is 0. The van der Waals surface area contributed by atoms with Crippen LogP contribution in [0.15, 0.2) is 145 Å². The fourth-order valence-electron chi connectivity index (χ4n) is 5.92. The van der Waals surface area contributed by atoms with E-state index in [1.807, 2.05) is 18.2 Å². The van der Waals surface area contributed by atoms with Gasteiger partial charge in [-0.15, -0.1) is 0 Å². The molecule has 0 nitrogen and oxygen atoms in total. The zero-order valence-electron chi connectivity index (χ0n) is 36.6. The van der Waals surface area contributed by atoms with Gasteiger partial charge in [-0.1, -0.05) is 127 Å². The summed E-state index contributed by atoms with van der Waals surface area (Å²) in [5.41, 5.74) is 0.938. The van der Waals surface area contributed by atoms with Crippen LogP contribution >= 0.6 is 0 Å². The first-order valence-electron chi connectivity index (χ1n) is 20.6. The van der Waals surface area contributed by atoms with Crippen LogP contribution in [0.1, 0.15) is 21.9 Å². The van der Waals surface area contributed by atoms with Crippen LogP contribution in [0.5, 0.6) is 0 Å². The minimum atomic E-state index is -0.622. The van der Waals surface area contributed by atoms with Crippen LogP contribution in [0.2, 0.25) is 0 Å². The maximum absolute atomic E-state index is 9.39. The summed E-state index contributed by atoms with van der Waals surface area (Å²) < 4.78 is 139. The van der Waals surface area contributed by atoms with E-state index in [4.69, 9.17) is 19.2 Å². The molecule has 0 N–H and O–H groups in total. The largest absolute Gasteiger partial charge is 0.0636 e. The highest BCUT2D eigenvalue weighted by molar-refractivity contribution is 6.27. The lowest BCUT2D eigenvalue weighted by Gasteiger charge is -2.18. The van der Waals surface area contributed by atoms with E-state index in [0.717, 1.165) is 16.2 Å². The third kappa shape index (κ3) is 3.02.